The van der Waals surface area contributed by atoms with Gasteiger partial charge in [0.1, 0.15) is 0 Å². The molecule has 2 aromatic carbocycles. The molecule has 2 amide bonds. The number of amides is 2. The highest BCUT2D eigenvalue weighted by Gasteiger charge is 2.28. The summed E-state index contributed by atoms with van der Waals surface area (Å²) in [7, 11) is 1.58. The van der Waals surface area contributed by atoms with Gasteiger partial charge < -0.3 is 24.8 Å². The Hall–Kier alpha value is -2.73. The van der Waals surface area contributed by atoms with E-state index in [0.717, 1.165) is 12.8 Å². The van der Waals surface area contributed by atoms with Crippen molar-refractivity contribution in [3.63, 3.8) is 0 Å². The number of benzene rings is 2. The van der Waals surface area contributed by atoms with Crippen LogP contribution in [0.25, 0.3) is 0 Å². The van der Waals surface area contributed by atoms with Crippen LogP contribution in [0, 0.1) is 0 Å². The van der Waals surface area contributed by atoms with Crippen LogP contribution < -0.4 is 14.8 Å². The van der Waals surface area contributed by atoms with Crippen molar-refractivity contribution >= 4 is 11.7 Å². The van der Waals surface area contributed by atoms with Gasteiger partial charge >= 0.3 is 6.03 Å². The second-order valence-corrected chi connectivity index (χ2v) is 5.85. The predicted molar refractivity (Wildman–Crippen MR) is 95.3 cm³/mol. The van der Waals surface area contributed by atoms with E-state index >= 15 is 0 Å². The van der Waals surface area contributed by atoms with Crippen molar-refractivity contribution in [2.75, 3.05) is 25.6 Å². The Morgan fingerprint density at radius 2 is 1.84 bits per heavy atom. The fraction of sp³-hybridized carbons (Fsp3) is 0.316. The molecule has 132 valence electrons. The average molecular weight is 342 g/mol. The van der Waals surface area contributed by atoms with E-state index in [1.165, 1.54) is 0 Å². The summed E-state index contributed by atoms with van der Waals surface area (Å²) in [6, 6.07) is 14.2. The molecule has 2 aromatic rings. The van der Waals surface area contributed by atoms with Crippen molar-refractivity contribution in [3.8, 4) is 17.2 Å². The fourth-order valence-electron chi connectivity index (χ4n) is 2.96. The molecule has 3 rings (SSSR count). The molecular formula is C19H22N2O4. The zero-order chi connectivity index (χ0) is 17.6. The lowest BCUT2D eigenvalue weighted by Crippen LogP contribution is -2.40. The van der Waals surface area contributed by atoms with Gasteiger partial charge in [-0.3, -0.25) is 0 Å². The number of nitrogens with zero attached hydrogens (tertiary/aromatic N) is 1. The predicted octanol–water partition coefficient (Wildman–Crippen LogP) is 3.48. The van der Waals surface area contributed by atoms with Gasteiger partial charge in [-0.15, -0.1) is 0 Å². The van der Waals surface area contributed by atoms with Crippen molar-refractivity contribution in [1.82, 2.24) is 4.90 Å². The molecule has 1 atom stereocenters. The van der Waals surface area contributed by atoms with E-state index in [0.29, 0.717) is 29.5 Å². The van der Waals surface area contributed by atoms with Crippen LogP contribution in [-0.2, 0) is 0 Å². The largest absolute Gasteiger partial charge is 0.493 e. The number of carbonyl (C=O) groups excluding carboxylic acids is 1. The van der Waals surface area contributed by atoms with E-state index in [1.54, 1.807) is 30.2 Å². The van der Waals surface area contributed by atoms with Gasteiger partial charge in [0.15, 0.2) is 17.2 Å². The summed E-state index contributed by atoms with van der Waals surface area (Å²) >= 11 is 0. The van der Waals surface area contributed by atoms with Gasteiger partial charge in [-0.2, -0.15) is 0 Å². The number of carbonyl (C=O) groups is 1. The maximum absolute atomic E-state index is 12.5. The zero-order valence-corrected chi connectivity index (χ0v) is 14.1. The van der Waals surface area contributed by atoms with Gasteiger partial charge in [-0.1, -0.05) is 24.3 Å². The summed E-state index contributed by atoms with van der Waals surface area (Å²) in [5.74, 6) is 1.71. The number of likely N-dealkylation sites (tertiary alicyclic amines) is 1. The van der Waals surface area contributed by atoms with Crippen LogP contribution in [0.15, 0.2) is 48.5 Å². The second-order valence-electron chi connectivity index (χ2n) is 5.85. The Labute approximate surface area is 147 Å². The van der Waals surface area contributed by atoms with Crippen molar-refractivity contribution in [2.45, 2.75) is 18.9 Å². The third kappa shape index (κ3) is 3.85. The summed E-state index contributed by atoms with van der Waals surface area (Å²) < 4.78 is 11.2. The van der Waals surface area contributed by atoms with Crippen LogP contribution in [0.2, 0.25) is 0 Å². The van der Waals surface area contributed by atoms with Crippen LogP contribution in [0.5, 0.6) is 17.2 Å². The molecule has 1 aliphatic rings. The molecule has 0 unspecified atom stereocenters. The van der Waals surface area contributed by atoms with Crippen molar-refractivity contribution in [1.29, 1.82) is 0 Å². The number of aliphatic hydroxyl groups excluding tert-OH is 1. The SMILES string of the molecule is COc1ccccc1Oc1ccccc1NC(=O)N1CCC[C@H]1CO. The Kier molecular flexibility index (Phi) is 5.40. The number of anilines is 1. The highest BCUT2D eigenvalue weighted by atomic mass is 16.5. The topological polar surface area (TPSA) is 71.0 Å². The van der Waals surface area contributed by atoms with E-state index < -0.39 is 0 Å². The van der Waals surface area contributed by atoms with Gasteiger partial charge in [-0.25, -0.2) is 4.79 Å². The highest BCUT2D eigenvalue weighted by Crippen LogP contribution is 2.35. The van der Waals surface area contributed by atoms with Crippen LogP contribution >= 0.6 is 0 Å². The molecule has 1 fully saturated rings. The number of methoxy groups -OCH3 is 1. The van der Waals surface area contributed by atoms with E-state index in [1.807, 2.05) is 30.3 Å². The van der Waals surface area contributed by atoms with E-state index in [9.17, 15) is 9.90 Å². The van der Waals surface area contributed by atoms with Crippen molar-refractivity contribution in [3.05, 3.63) is 48.5 Å². The number of urea groups is 1. The molecule has 1 aliphatic heterocycles. The van der Waals surface area contributed by atoms with E-state index in [4.69, 9.17) is 9.47 Å². The smallest absolute Gasteiger partial charge is 0.322 e. The quantitative estimate of drug-likeness (QED) is 0.873. The lowest BCUT2D eigenvalue weighted by atomic mass is 10.2. The molecule has 0 aliphatic carbocycles. The summed E-state index contributed by atoms with van der Waals surface area (Å²) in [6.45, 7) is 0.624. The van der Waals surface area contributed by atoms with Crippen molar-refractivity contribution < 1.29 is 19.4 Å². The second kappa shape index (κ2) is 7.90. The van der Waals surface area contributed by atoms with Crippen LogP contribution in [0.4, 0.5) is 10.5 Å². The molecule has 6 heteroatoms. The third-order valence-corrected chi connectivity index (χ3v) is 4.27. The van der Waals surface area contributed by atoms with Gasteiger partial charge in [-0.05, 0) is 37.1 Å². The van der Waals surface area contributed by atoms with Gasteiger partial charge in [0.05, 0.1) is 25.4 Å². The molecule has 0 bridgehead atoms. The third-order valence-electron chi connectivity index (χ3n) is 4.27. The fourth-order valence-corrected chi connectivity index (χ4v) is 2.96. The summed E-state index contributed by atoms with van der Waals surface area (Å²) in [4.78, 5) is 14.2. The standard InChI is InChI=1S/C19H22N2O4/c1-24-17-10-4-5-11-18(17)25-16-9-3-2-8-15(16)20-19(23)21-12-6-7-14(21)13-22/h2-5,8-11,14,22H,6-7,12-13H2,1H3,(H,20,23)/t14-/m0/s1. The molecule has 0 spiro atoms. The molecule has 1 heterocycles. The molecule has 2 N–H and O–H groups in total. The average Bonchev–Trinajstić information content (AvgIpc) is 3.12. The number of para-hydroxylation sites is 4. The Morgan fingerprint density at radius 3 is 2.56 bits per heavy atom. The Morgan fingerprint density at radius 1 is 1.16 bits per heavy atom. The maximum atomic E-state index is 12.5. The number of ether oxygens (including phenoxy) is 2. The van der Waals surface area contributed by atoms with Crippen LogP contribution in [0.3, 0.4) is 0 Å². The molecule has 1 saturated heterocycles. The number of rotatable bonds is 5. The minimum absolute atomic E-state index is 0.0211. The molecule has 0 saturated carbocycles. The summed E-state index contributed by atoms with van der Waals surface area (Å²) in [5, 5.41) is 12.3. The van der Waals surface area contributed by atoms with Crippen molar-refractivity contribution in [2.24, 2.45) is 0 Å². The van der Waals surface area contributed by atoms with E-state index in [-0.39, 0.29) is 18.7 Å². The Bertz CT molecular complexity index is 735. The number of hydrogen-bond donors (Lipinski definition) is 2. The number of aliphatic hydroxyl groups is 1. The Balaban J connectivity index is 1.78. The monoisotopic (exact) mass is 342 g/mol. The van der Waals surface area contributed by atoms with Crippen LogP contribution in [0.1, 0.15) is 12.8 Å². The first kappa shape index (κ1) is 17.1. The first-order valence-corrected chi connectivity index (χ1v) is 8.31. The first-order valence-electron chi connectivity index (χ1n) is 8.31. The summed E-state index contributed by atoms with van der Waals surface area (Å²) in [5.41, 5.74) is 0.571. The molecule has 6 nitrogen and oxygen atoms in total. The summed E-state index contributed by atoms with van der Waals surface area (Å²) in [6.07, 6.45) is 1.72. The number of hydrogen-bond acceptors (Lipinski definition) is 4. The lowest BCUT2D eigenvalue weighted by molar-refractivity contribution is 0.166. The maximum Gasteiger partial charge on any atom is 0.322 e. The molecular weight excluding hydrogens is 320 g/mol. The normalized spacial score (nSPS) is 16.6. The zero-order valence-electron chi connectivity index (χ0n) is 14.1. The lowest BCUT2D eigenvalue weighted by Gasteiger charge is -2.24. The van der Waals surface area contributed by atoms with Gasteiger partial charge in [0.2, 0.25) is 0 Å². The minimum atomic E-state index is -0.229. The van der Waals surface area contributed by atoms with Gasteiger partial charge in [0.25, 0.3) is 0 Å². The molecule has 0 aromatic heterocycles. The minimum Gasteiger partial charge on any atom is -0.493 e. The number of nitrogens with one attached hydrogen (secondary N) is 1. The first-order chi connectivity index (χ1) is 12.2. The highest BCUT2D eigenvalue weighted by molar-refractivity contribution is 5.91. The van der Waals surface area contributed by atoms with Crippen LogP contribution in [-0.4, -0.2) is 42.3 Å². The van der Waals surface area contributed by atoms with Gasteiger partial charge in [0, 0.05) is 6.54 Å². The molecule has 0 radical (unpaired) electrons. The molecule has 25 heavy (non-hydrogen) atoms. The van der Waals surface area contributed by atoms with E-state index in [2.05, 4.69) is 5.32 Å².